The highest BCUT2D eigenvalue weighted by Crippen LogP contribution is 2.53. The van der Waals surface area contributed by atoms with Crippen LogP contribution in [0.15, 0.2) is 34.9 Å². The summed E-state index contributed by atoms with van der Waals surface area (Å²) in [6, 6.07) is 4.32. The zero-order chi connectivity index (χ0) is 21.2. The van der Waals surface area contributed by atoms with Gasteiger partial charge in [0.25, 0.3) is 0 Å². The van der Waals surface area contributed by atoms with Gasteiger partial charge in [-0.1, -0.05) is 17.3 Å². The Labute approximate surface area is 172 Å². The lowest BCUT2D eigenvalue weighted by Crippen LogP contribution is -2.44. The highest BCUT2D eigenvalue weighted by atomic mass is 19.1. The summed E-state index contributed by atoms with van der Waals surface area (Å²) in [5, 5.41) is 3.74. The SMILES string of the molecule is Cc1noc(CN(C)C(=O)C2C3C(=O)N(c4ccc(F)cc4C)C[C@@]34C=C[C@@H]2O4)n1. The summed E-state index contributed by atoms with van der Waals surface area (Å²) in [6.45, 7) is 3.92. The molecule has 1 aromatic carbocycles. The second-order valence-corrected chi connectivity index (χ2v) is 8.18. The molecule has 1 spiro atoms. The van der Waals surface area contributed by atoms with Crippen molar-refractivity contribution >= 4 is 17.5 Å². The molecule has 2 bridgehead atoms. The van der Waals surface area contributed by atoms with Crippen LogP contribution in [0.3, 0.4) is 0 Å². The maximum Gasteiger partial charge on any atom is 0.246 e. The number of hydrogen-bond donors (Lipinski definition) is 0. The summed E-state index contributed by atoms with van der Waals surface area (Å²) >= 11 is 0. The minimum Gasteiger partial charge on any atom is -0.360 e. The van der Waals surface area contributed by atoms with Crippen molar-refractivity contribution in [3.05, 3.63) is 53.4 Å². The Morgan fingerprint density at radius 1 is 1.40 bits per heavy atom. The van der Waals surface area contributed by atoms with Crippen molar-refractivity contribution in [2.75, 3.05) is 18.5 Å². The van der Waals surface area contributed by atoms with Crippen LogP contribution in [-0.2, 0) is 20.9 Å². The quantitative estimate of drug-likeness (QED) is 0.712. The van der Waals surface area contributed by atoms with Gasteiger partial charge in [0, 0.05) is 12.7 Å². The van der Waals surface area contributed by atoms with Crippen molar-refractivity contribution < 1.29 is 23.2 Å². The molecule has 2 amide bonds. The molecule has 2 unspecified atom stereocenters. The molecule has 3 aliphatic heterocycles. The summed E-state index contributed by atoms with van der Waals surface area (Å²) in [4.78, 5) is 33.9. The number of aryl methyl sites for hydroxylation is 2. The molecular formula is C21H21FN4O4. The molecule has 3 aliphatic rings. The summed E-state index contributed by atoms with van der Waals surface area (Å²) in [7, 11) is 1.64. The number of anilines is 1. The van der Waals surface area contributed by atoms with E-state index in [9.17, 15) is 14.0 Å². The van der Waals surface area contributed by atoms with Crippen molar-refractivity contribution in [2.45, 2.75) is 32.1 Å². The average molecular weight is 412 g/mol. The first kappa shape index (κ1) is 18.9. The van der Waals surface area contributed by atoms with E-state index in [4.69, 9.17) is 9.26 Å². The fraction of sp³-hybridized carbons (Fsp3) is 0.429. The number of rotatable bonds is 4. The van der Waals surface area contributed by atoms with E-state index < -0.39 is 23.5 Å². The van der Waals surface area contributed by atoms with E-state index in [1.54, 1.807) is 31.9 Å². The molecule has 2 aromatic rings. The first-order valence-corrected chi connectivity index (χ1v) is 9.78. The van der Waals surface area contributed by atoms with Crippen molar-refractivity contribution in [1.82, 2.24) is 15.0 Å². The van der Waals surface area contributed by atoms with E-state index >= 15 is 0 Å². The maximum atomic E-state index is 13.5. The average Bonchev–Trinajstić information content (AvgIpc) is 3.43. The third kappa shape index (κ3) is 2.68. The number of benzene rings is 1. The van der Waals surface area contributed by atoms with Crippen molar-refractivity contribution in [3.8, 4) is 0 Å². The number of amides is 2. The highest BCUT2D eigenvalue weighted by molar-refractivity contribution is 6.03. The fourth-order valence-electron chi connectivity index (χ4n) is 4.85. The van der Waals surface area contributed by atoms with Crippen LogP contribution in [0.25, 0.3) is 0 Å². The monoisotopic (exact) mass is 412 g/mol. The molecule has 9 heteroatoms. The van der Waals surface area contributed by atoms with Crippen LogP contribution in [-0.4, -0.2) is 52.2 Å². The molecule has 5 rings (SSSR count). The zero-order valence-electron chi connectivity index (χ0n) is 16.8. The van der Waals surface area contributed by atoms with E-state index in [-0.39, 0.29) is 24.2 Å². The van der Waals surface area contributed by atoms with E-state index in [0.717, 1.165) is 0 Å². The molecule has 0 radical (unpaired) electrons. The molecular weight excluding hydrogens is 391 g/mol. The van der Waals surface area contributed by atoms with Crippen molar-refractivity contribution in [3.63, 3.8) is 0 Å². The number of aromatic nitrogens is 2. The number of carbonyl (C=O) groups excluding carboxylic acids is 2. The number of carbonyl (C=O) groups is 2. The van der Waals surface area contributed by atoms with E-state index in [0.29, 0.717) is 29.5 Å². The largest absolute Gasteiger partial charge is 0.360 e. The first-order valence-electron chi connectivity index (χ1n) is 9.78. The van der Waals surface area contributed by atoms with Crippen LogP contribution < -0.4 is 4.90 Å². The van der Waals surface area contributed by atoms with Gasteiger partial charge in [-0.15, -0.1) is 0 Å². The van der Waals surface area contributed by atoms with Gasteiger partial charge in [0.05, 0.1) is 31.0 Å². The predicted molar refractivity (Wildman–Crippen MR) is 103 cm³/mol. The molecule has 2 saturated heterocycles. The zero-order valence-corrected chi connectivity index (χ0v) is 16.8. The number of nitrogens with zero attached hydrogens (tertiary/aromatic N) is 4. The first-order chi connectivity index (χ1) is 14.3. The number of fused-ring (bicyclic) bond motifs is 1. The van der Waals surface area contributed by atoms with Gasteiger partial charge in [-0.2, -0.15) is 4.98 Å². The Morgan fingerprint density at radius 3 is 2.90 bits per heavy atom. The molecule has 0 N–H and O–H groups in total. The highest BCUT2D eigenvalue weighted by Gasteiger charge is 2.67. The lowest BCUT2D eigenvalue weighted by Gasteiger charge is -2.27. The third-order valence-electron chi connectivity index (χ3n) is 6.15. The predicted octanol–water partition coefficient (Wildman–Crippen LogP) is 1.77. The van der Waals surface area contributed by atoms with Gasteiger partial charge in [-0.05, 0) is 37.6 Å². The Balaban J connectivity index is 1.43. The van der Waals surface area contributed by atoms with Crippen LogP contribution >= 0.6 is 0 Å². The van der Waals surface area contributed by atoms with Gasteiger partial charge < -0.3 is 19.1 Å². The minimum atomic E-state index is -0.842. The molecule has 1 aromatic heterocycles. The summed E-state index contributed by atoms with van der Waals surface area (Å²) < 4.78 is 24.8. The third-order valence-corrected chi connectivity index (χ3v) is 6.15. The van der Waals surface area contributed by atoms with Crippen LogP contribution in [0.1, 0.15) is 17.3 Å². The smallest absolute Gasteiger partial charge is 0.246 e. The molecule has 0 saturated carbocycles. The maximum absolute atomic E-state index is 13.5. The minimum absolute atomic E-state index is 0.154. The van der Waals surface area contributed by atoms with Crippen LogP contribution in [0.4, 0.5) is 10.1 Å². The number of hydrogen-bond acceptors (Lipinski definition) is 6. The summed E-state index contributed by atoms with van der Waals surface area (Å²) in [5.74, 6) is -1.19. The van der Waals surface area contributed by atoms with Gasteiger partial charge in [0.1, 0.15) is 11.4 Å². The summed E-state index contributed by atoms with van der Waals surface area (Å²) in [6.07, 6.45) is 3.30. The van der Waals surface area contributed by atoms with Crippen LogP contribution in [0.5, 0.6) is 0 Å². The van der Waals surface area contributed by atoms with E-state index in [2.05, 4.69) is 10.1 Å². The van der Waals surface area contributed by atoms with E-state index in [1.165, 1.54) is 17.0 Å². The Bertz CT molecular complexity index is 1080. The second kappa shape index (κ2) is 6.46. The Morgan fingerprint density at radius 2 is 2.20 bits per heavy atom. The fourth-order valence-corrected chi connectivity index (χ4v) is 4.85. The standard InChI is InChI=1S/C21H21FN4O4/c1-11-8-13(22)4-5-14(11)26-10-21-7-6-15(29-21)17(18(21)20(26)28)19(27)25(3)9-16-23-12(2)24-30-16/h4-8,15,17-18H,9-10H2,1-3H3/t15-,17?,18?,21-/m0/s1. The van der Waals surface area contributed by atoms with Gasteiger partial charge in [-0.3, -0.25) is 9.59 Å². The lowest BCUT2D eigenvalue weighted by molar-refractivity contribution is -0.139. The Kier molecular flexibility index (Phi) is 4.08. The van der Waals surface area contributed by atoms with Crippen LogP contribution in [0, 0.1) is 31.5 Å². The molecule has 8 nitrogen and oxygen atoms in total. The van der Waals surface area contributed by atoms with Crippen molar-refractivity contribution in [2.24, 2.45) is 11.8 Å². The Hall–Kier alpha value is -3.07. The second-order valence-electron chi connectivity index (χ2n) is 8.18. The van der Waals surface area contributed by atoms with E-state index in [1.807, 2.05) is 12.2 Å². The molecule has 2 fully saturated rings. The van der Waals surface area contributed by atoms with Gasteiger partial charge in [0.15, 0.2) is 5.82 Å². The molecule has 4 heterocycles. The molecule has 0 aliphatic carbocycles. The normalized spacial score (nSPS) is 29.0. The lowest BCUT2D eigenvalue weighted by atomic mass is 9.76. The van der Waals surface area contributed by atoms with Gasteiger partial charge in [0.2, 0.25) is 17.7 Å². The molecule has 30 heavy (non-hydrogen) atoms. The van der Waals surface area contributed by atoms with Gasteiger partial charge >= 0.3 is 0 Å². The topological polar surface area (TPSA) is 88.8 Å². The number of ether oxygens (including phenoxy) is 1. The molecule has 4 atom stereocenters. The number of halogens is 1. The van der Waals surface area contributed by atoms with Gasteiger partial charge in [-0.25, -0.2) is 4.39 Å². The summed E-state index contributed by atoms with van der Waals surface area (Å²) in [5.41, 5.74) is 0.446. The molecule has 156 valence electrons. The van der Waals surface area contributed by atoms with Crippen molar-refractivity contribution in [1.29, 1.82) is 0 Å². The van der Waals surface area contributed by atoms with Crippen LogP contribution in [0.2, 0.25) is 0 Å².